The van der Waals surface area contributed by atoms with E-state index in [0.29, 0.717) is 23.7 Å². The molecule has 4 heterocycles. The van der Waals surface area contributed by atoms with Crippen LogP contribution in [-0.4, -0.2) is 80.2 Å². The van der Waals surface area contributed by atoms with E-state index in [0.717, 1.165) is 5.56 Å². The van der Waals surface area contributed by atoms with Crippen molar-refractivity contribution >= 4 is 29.0 Å². The predicted molar refractivity (Wildman–Crippen MR) is 135 cm³/mol. The van der Waals surface area contributed by atoms with Crippen molar-refractivity contribution in [2.75, 3.05) is 31.1 Å². The number of hydrogen-bond donors (Lipinski definition) is 2. The molecule has 2 aromatic heterocycles. The molecular formula is C25H33F2N5O4S. The molecule has 0 aliphatic carbocycles. The van der Waals surface area contributed by atoms with Crippen molar-refractivity contribution in [3.05, 3.63) is 40.1 Å². The van der Waals surface area contributed by atoms with Crippen LogP contribution in [0.4, 0.5) is 19.3 Å². The number of carbonyl (C=O) groups is 2. The second-order valence-electron chi connectivity index (χ2n) is 10.5. The van der Waals surface area contributed by atoms with Gasteiger partial charge in [0.25, 0.3) is 5.92 Å². The summed E-state index contributed by atoms with van der Waals surface area (Å²) in [6.45, 7) is 7.73. The molecule has 1 fully saturated rings. The van der Waals surface area contributed by atoms with Gasteiger partial charge in [-0.25, -0.2) is 9.78 Å². The minimum Gasteiger partial charge on any atom is -0.465 e. The van der Waals surface area contributed by atoms with Gasteiger partial charge in [0.2, 0.25) is 5.91 Å². The van der Waals surface area contributed by atoms with Gasteiger partial charge in [-0.05, 0) is 13.0 Å². The van der Waals surface area contributed by atoms with Gasteiger partial charge in [-0.2, -0.15) is 8.78 Å². The number of carboxylic acid groups (broad SMARTS) is 1. The van der Waals surface area contributed by atoms with Crippen molar-refractivity contribution in [2.24, 2.45) is 0 Å². The summed E-state index contributed by atoms with van der Waals surface area (Å²) >= 11 is 1.25. The normalized spacial score (nSPS) is 22.7. The number of hydrogen-bond acceptors (Lipinski definition) is 7. The molecule has 4 rings (SSSR count). The van der Waals surface area contributed by atoms with Crippen LogP contribution in [0, 0.1) is 0 Å². The van der Waals surface area contributed by atoms with Gasteiger partial charge in [-0.1, -0.05) is 27.2 Å². The average molecular weight is 538 g/mol. The van der Waals surface area contributed by atoms with Crippen LogP contribution in [-0.2, 0) is 16.1 Å². The lowest BCUT2D eigenvalue weighted by atomic mass is 9.88. The van der Waals surface area contributed by atoms with E-state index in [9.17, 15) is 28.6 Å². The molecule has 9 nitrogen and oxygen atoms in total. The van der Waals surface area contributed by atoms with Crippen molar-refractivity contribution in [3.63, 3.8) is 0 Å². The van der Waals surface area contributed by atoms with Crippen molar-refractivity contribution < 1.29 is 28.6 Å². The van der Waals surface area contributed by atoms with Crippen LogP contribution in [0.25, 0.3) is 0 Å². The lowest BCUT2D eigenvalue weighted by Crippen LogP contribution is -2.62. The summed E-state index contributed by atoms with van der Waals surface area (Å²) in [5.41, 5.74) is 0.306. The molecule has 0 bridgehead atoms. The highest BCUT2D eigenvalue weighted by atomic mass is 32.1. The molecule has 0 radical (unpaired) electrons. The summed E-state index contributed by atoms with van der Waals surface area (Å²) in [6, 6.07) is 0.222. The number of carbonyl (C=O) groups excluding carboxylic acids is 1. The fourth-order valence-corrected chi connectivity index (χ4v) is 5.92. The smallest absolute Gasteiger partial charge is 0.407 e. The Labute approximate surface area is 218 Å². The van der Waals surface area contributed by atoms with Gasteiger partial charge >= 0.3 is 6.09 Å². The van der Waals surface area contributed by atoms with E-state index in [2.05, 4.69) is 9.97 Å². The Morgan fingerprint density at radius 1 is 1.30 bits per heavy atom. The lowest BCUT2D eigenvalue weighted by molar-refractivity contribution is -0.122. The van der Waals surface area contributed by atoms with Gasteiger partial charge in [0.1, 0.15) is 16.8 Å². The monoisotopic (exact) mass is 537 g/mol. The van der Waals surface area contributed by atoms with Crippen LogP contribution in [0.3, 0.4) is 0 Å². The second-order valence-corrected chi connectivity index (χ2v) is 11.4. The summed E-state index contributed by atoms with van der Waals surface area (Å²) in [6.07, 6.45) is 0.777. The van der Waals surface area contributed by atoms with Crippen molar-refractivity contribution in [1.29, 1.82) is 0 Å². The molecule has 202 valence electrons. The van der Waals surface area contributed by atoms with E-state index in [1.54, 1.807) is 30.3 Å². The second kappa shape index (κ2) is 10.2. The minimum absolute atomic E-state index is 0.00388. The molecular weight excluding hydrogens is 504 g/mol. The molecule has 2 aliphatic rings. The Hall–Kier alpha value is -2.70. The number of alkyl halides is 2. The lowest BCUT2D eigenvalue weighted by Gasteiger charge is -2.45. The zero-order valence-corrected chi connectivity index (χ0v) is 22.2. The quantitative estimate of drug-likeness (QED) is 0.552. The number of halogens is 2. The first-order chi connectivity index (χ1) is 17.4. The Morgan fingerprint density at radius 3 is 2.65 bits per heavy atom. The molecule has 12 heteroatoms. The number of thiazole rings is 1. The zero-order chi connectivity index (χ0) is 27.1. The molecule has 2 aliphatic heterocycles. The standard InChI is InChI=1S/C25H33F2N5O4S/c1-5-6-25(26,27)19-9-17-16(10-29-19)24(3,4)14-32(17)20(33)13-30-11-15(2)31(23(35)36)12-18(30)21(34)22-28-7-8-37-22/h7-10,15,18,21,34H,5-6,11-14H2,1-4H3,(H,35,36)/t15-,18-,21?/m1/s1. The largest absolute Gasteiger partial charge is 0.465 e. The minimum atomic E-state index is -3.10. The zero-order valence-electron chi connectivity index (χ0n) is 21.4. The maximum atomic E-state index is 14.7. The van der Waals surface area contributed by atoms with E-state index in [1.807, 2.05) is 13.8 Å². The highest BCUT2D eigenvalue weighted by Gasteiger charge is 2.44. The summed E-state index contributed by atoms with van der Waals surface area (Å²) in [4.78, 5) is 38.2. The van der Waals surface area contributed by atoms with Crippen molar-refractivity contribution in [1.82, 2.24) is 19.8 Å². The molecule has 0 saturated carbocycles. The van der Waals surface area contributed by atoms with Gasteiger partial charge in [0.05, 0.1) is 18.3 Å². The molecule has 2 N–H and O–H groups in total. The van der Waals surface area contributed by atoms with Crippen LogP contribution in [0.1, 0.15) is 62.9 Å². The Balaban J connectivity index is 1.62. The van der Waals surface area contributed by atoms with Crippen LogP contribution in [0.5, 0.6) is 0 Å². The third-order valence-corrected chi connectivity index (χ3v) is 8.08. The SMILES string of the molecule is CCCC(F)(F)c1cc2c(cn1)C(C)(C)CN2C(=O)CN1C[C@@H](C)N(C(=O)O)C[C@@H]1C(O)c1nccs1. The number of aliphatic hydroxyl groups excluding tert-OH is 1. The maximum absolute atomic E-state index is 14.7. The number of rotatable bonds is 7. The summed E-state index contributed by atoms with van der Waals surface area (Å²) in [7, 11) is 0. The first-order valence-electron chi connectivity index (χ1n) is 12.4. The number of amides is 2. The van der Waals surface area contributed by atoms with Crippen LogP contribution >= 0.6 is 11.3 Å². The summed E-state index contributed by atoms with van der Waals surface area (Å²) in [5, 5.41) is 22.9. The van der Waals surface area contributed by atoms with Gasteiger partial charge in [-0.15, -0.1) is 11.3 Å². The topological polar surface area (TPSA) is 110 Å². The molecule has 37 heavy (non-hydrogen) atoms. The molecule has 3 atom stereocenters. The number of aromatic nitrogens is 2. The number of pyridine rings is 1. The van der Waals surface area contributed by atoms with Gasteiger partial charge in [0, 0.05) is 60.8 Å². The van der Waals surface area contributed by atoms with Crippen LogP contribution < -0.4 is 4.90 Å². The third kappa shape index (κ3) is 5.32. The van der Waals surface area contributed by atoms with Crippen molar-refractivity contribution in [2.45, 2.75) is 70.1 Å². The fourth-order valence-electron chi connectivity index (χ4n) is 5.24. The maximum Gasteiger partial charge on any atom is 0.407 e. The van der Waals surface area contributed by atoms with Crippen molar-refractivity contribution in [3.8, 4) is 0 Å². The molecule has 0 aromatic carbocycles. The van der Waals surface area contributed by atoms with E-state index in [1.165, 1.54) is 33.4 Å². The number of aliphatic hydroxyl groups is 1. The highest BCUT2D eigenvalue weighted by Crippen LogP contribution is 2.43. The average Bonchev–Trinajstić information content (AvgIpc) is 3.45. The Bertz CT molecular complexity index is 1150. The first kappa shape index (κ1) is 27.3. The van der Waals surface area contributed by atoms with E-state index >= 15 is 0 Å². The van der Waals surface area contributed by atoms with E-state index < -0.39 is 35.6 Å². The summed E-state index contributed by atoms with van der Waals surface area (Å²) in [5.74, 6) is -3.41. The number of nitrogens with zero attached hydrogens (tertiary/aromatic N) is 5. The molecule has 2 amide bonds. The van der Waals surface area contributed by atoms with Gasteiger partial charge < -0.3 is 20.0 Å². The van der Waals surface area contributed by atoms with E-state index in [4.69, 9.17) is 0 Å². The molecule has 0 spiro atoms. The third-order valence-electron chi connectivity index (χ3n) is 7.23. The van der Waals surface area contributed by atoms with Gasteiger partial charge in [0.15, 0.2) is 0 Å². The molecule has 1 saturated heterocycles. The first-order valence-corrected chi connectivity index (χ1v) is 13.2. The number of piperazine rings is 1. The fraction of sp³-hybridized carbons (Fsp3) is 0.600. The number of anilines is 1. The van der Waals surface area contributed by atoms with E-state index in [-0.39, 0.29) is 37.7 Å². The van der Waals surface area contributed by atoms with Crippen LogP contribution in [0.15, 0.2) is 23.8 Å². The molecule has 1 unspecified atom stereocenters. The van der Waals surface area contributed by atoms with Crippen LogP contribution in [0.2, 0.25) is 0 Å². The highest BCUT2D eigenvalue weighted by molar-refractivity contribution is 7.09. The number of fused-ring (bicyclic) bond motifs is 1. The predicted octanol–water partition coefficient (Wildman–Crippen LogP) is 3.84. The Kier molecular flexibility index (Phi) is 7.55. The Morgan fingerprint density at radius 2 is 2.03 bits per heavy atom. The molecule has 2 aromatic rings. The summed E-state index contributed by atoms with van der Waals surface area (Å²) < 4.78 is 29.4. The van der Waals surface area contributed by atoms with Gasteiger partial charge in [-0.3, -0.25) is 14.7 Å².